The van der Waals surface area contributed by atoms with E-state index in [2.05, 4.69) is 9.97 Å². The van der Waals surface area contributed by atoms with E-state index in [4.69, 9.17) is 5.73 Å². The van der Waals surface area contributed by atoms with Crippen LogP contribution in [0, 0.1) is 11.6 Å². The average Bonchev–Trinajstić information content (AvgIpc) is 2.85. The summed E-state index contributed by atoms with van der Waals surface area (Å²) in [6, 6.07) is 9.60. The SMILES string of the molecule is NCc1cccc2[nH]c(Cc3ccc(F)c(F)c3)nc12. The summed E-state index contributed by atoms with van der Waals surface area (Å²) in [6.07, 6.45) is 0.413. The zero-order valence-electron chi connectivity index (χ0n) is 10.7. The monoisotopic (exact) mass is 273 g/mol. The van der Waals surface area contributed by atoms with Crippen LogP contribution < -0.4 is 5.73 Å². The van der Waals surface area contributed by atoms with Gasteiger partial charge in [0.05, 0.1) is 11.0 Å². The van der Waals surface area contributed by atoms with Crippen LogP contribution in [0.5, 0.6) is 0 Å². The van der Waals surface area contributed by atoms with Crippen LogP contribution in [0.15, 0.2) is 36.4 Å². The van der Waals surface area contributed by atoms with Gasteiger partial charge in [-0.3, -0.25) is 0 Å². The van der Waals surface area contributed by atoms with Crippen LogP contribution in [0.2, 0.25) is 0 Å². The van der Waals surface area contributed by atoms with Crippen molar-refractivity contribution in [2.75, 3.05) is 0 Å². The number of hydrogen-bond donors (Lipinski definition) is 2. The quantitative estimate of drug-likeness (QED) is 0.771. The highest BCUT2D eigenvalue weighted by Gasteiger charge is 2.08. The number of imidazole rings is 1. The maximum Gasteiger partial charge on any atom is 0.159 e. The minimum Gasteiger partial charge on any atom is -0.342 e. The average molecular weight is 273 g/mol. The maximum atomic E-state index is 13.2. The molecule has 0 bridgehead atoms. The van der Waals surface area contributed by atoms with Crippen LogP contribution >= 0.6 is 0 Å². The Morgan fingerprint density at radius 3 is 2.70 bits per heavy atom. The van der Waals surface area contributed by atoms with Crippen LogP contribution in [-0.2, 0) is 13.0 Å². The van der Waals surface area contributed by atoms with Gasteiger partial charge in [0.15, 0.2) is 11.6 Å². The first-order valence-electron chi connectivity index (χ1n) is 6.28. The molecule has 3 aromatic rings. The van der Waals surface area contributed by atoms with Gasteiger partial charge >= 0.3 is 0 Å². The third-order valence-electron chi connectivity index (χ3n) is 3.22. The van der Waals surface area contributed by atoms with E-state index in [9.17, 15) is 8.78 Å². The molecule has 0 saturated carbocycles. The lowest BCUT2D eigenvalue weighted by molar-refractivity contribution is 0.507. The first kappa shape index (κ1) is 12.7. The van der Waals surface area contributed by atoms with Gasteiger partial charge in [-0.25, -0.2) is 13.8 Å². The number of aromatic amines is 1. The van der Waals surface area contributed by atoms with Gasteiger partial charge in [0.2, 0.25) is 0 Å². The molecule has 1 heterocycles. The van der Waals surface area contributed by atoms with E-state index in [1.807, 2.05) is 18.2 Å². The molecule has 0 unspecified atom stereocenters. The number of nitrogens with two attached hydrogens (primary N) is 1. The molecule has 5 heteroatoms. The second-order valence-electron chi connectivity index (χ2n) is 4.63. The standard InChI is InChI=1S/C15H13F2N3/c16-11-5-4-9(6-12(11)17)7-14-19-13-3-1-2-10(8-18)15(13)20-14/h1-6H,7-8,18H2,(H,19,20). The molecule has 0 amide bonds. The first-order chi connectivity index (χ1) is 9.67. The lowest BCUT2D eigenvalue weighted by Crippen LogP contribution is -1.97. The summed E-state index contributed by atoms with van der Waals surface area (Å²) in [5.41, 5.74) is 9.01. The second-order valence-corrected chi connectivity index (χ2v) is 4.63. The number of nitrogens with one attached hydrogen (secondary N) is 1. The van der Waals surface area contributed by atoms with E-state index in [0.29, 0.717) is 24.4 Å². The zero-order chi connectivity index (χ0) is 14.1. The van der Waals surface area contributed by atoms with Crippen molar-refractivity contribution in [2.24, 2.45) is 5.73 Å². The smallest absolute Gasteiger partial charge is 0.159 e. The number of benzene rings is 2. The lowest BCUT2D eigenvalue weighted by atomic mass is 10.1. The van der Waals surface area contributed by atoms with Gasteiger partial charge < -0.3 is 10.7 Å². The second kappa shape index (κ2) is 5.02. The van der Waals surface area contributed by atoms with Crippen molar-refractivity contribution in [3.63, 3.8) is 0 Å². The fourth-order valence-corrected chi connectivity index (χ4v) is 2.23. The molecule has 3 nitrogen and oxygen atoms in total. The third-order valence-corrected chi connectivity index (χ3v) is 3.22. The summed E-state index contributed by atoms with van der Waals surface area (Å²) in [5, 5.41) is 0. The van der Waals surface area contributed by atoms with E-state index in [0.717, 1.165) is 22.7 Å². The summed E-state index contributed by atoms with van der Waals surface area (Å²) < 4.78 is 26.1. The molecular weight excluding hydrogens is 260 g/mol. The number of rotatable bonds is 3. The Labute approximate surface area is 114 Å². The van der Waals surface area contributed by atoms with Crippen LogP contribution in [-0.4, -0.2) is 9.97 Å². The highest BCUT2D eigenvalue weighted by Crippen LogP contribution is 2.18. The molecule has 0 aliphatic carbocycles. The molecule has 0 saturated heterocycles. The van der Waals surface area contributed by atoms with Crippen molar-refractivity contribution < 1.29 is 8.78 Å². The number of para-hydroxylation sites is 1. The van der Waals surface area contributed by atoms with Crippen LogP contribution in [0.3, 0.4) is 0 Å². The highest BCUT2D eigenvalue weighted by atomic mass is 19.2. The molecule has 0 spiro atoms. The topological polar surface area (TPSA) is 54.7 Å². The summed E-state index contributed by atoms with van der Waals surface area (Å²) in [4.78, 5) is 7.65. The molecule has 0 aliphatic rings. The molecule has 2 aromatic carbocycles. The Morgan fingerprint density at radius 1 is 1.10 bits per heavy atom. The third kappa shape index (κ3) is 2.28. The number of fused-ring (bicyclic) bond motifs is 1. The molecule has 3 N–H and O–H groups in total. The molecular formula is C15H13F2N3. The largest absolute Gasteiger partial charge is 0.342 e. The van der Waals surface area contributed by atoms with Gasteiger partial charge in [0, 0.05) is 13.0 Å². The fraction of sp³-hybridized carbons (Fsp3) is 0.133. The predicted molar refractivity (Wildman–Crippen MR) is 73.1 cm³/mol. The Morgan fingerprint density at radius 2 is 1.95 bits per heavy atom. The molecule has 1 aromatic heterocycles. The summed E-state index contributed by atoms with van der Waals surface area (Å²) in [5.74, 6) is -0.989. The predicted octanol–water partition coefficient (Wildman–Crippen LogP) is 2.89. The van der Waals surface area contributed by atoms with Crippen molar-refractivity contribution in [3.8, 4) is 0 Å². The van der Waals surface area contributed by atoms with E-state index in [-0.39, 0.29) is 0 Å². The van der Waals surface area contributed by atoms with Gasteiger partial charge in [0.25, 0.3) is 0 Å². The lowest BCUT2D eigenvalue weighted by Gasteiger charge is -1.99. The van der Waals surface area contributed by atoms with E-state index < -0.39 is 11.6 Å². The van der Waals surface area contributed by atoms with Crippen molar-refractivity contribution in [3.05, 3.63) is 65.0 Å². The molecule has 3 rings (SSSR count). The minimum atomic E-state index is -0.846. The van der Waals surface area contributed by atoms with Crippen LogP contribution in [0.1, 0.15) is 17.0 Å². The van der Waals surface area contributed by atoms with E-state index >= 15 is 0 Å². The molecule has 0 atom stereocenters. The highest BCUT2D eigenvalue weighted by molar-refractivity contribution is 5.78. The molecule has 0 aliphatic heterocycles. The number of halogens is 2. The summed E-state index contributed by atoms with van der Waals surface area (Å²) in [6.45, 7) is 0.410. The van der Waals surface area contributed by atoms with Crippen molar-refractivity contribution in [2.45, 2.75) is 13.0 Å². The van der Waals surface area contributed by atoms with Gasteiger partial charge in [0.1, 0.15) is 5.82 Å². The molecule has 20 heavy (non-hydrogen) atoms. The van der Waals surface area contributed by atoms with Gasteiger partial charge in [-0.2, -0.15) is 0 Å². The Balaban J connectivity index is 1.96. The maximum absolute atomic E-state index is 13.2. The van der Waals surface area contributed by atoms with E-state index in [1.165, 1.54) is 6.07 Å². The van der Waals surface area contributed by atoms with Crippen LogP contribution in [0.4, 0.5) is 8.78 Å². The van der Waals surface area contributed by atoms with Gasteiger partial charge in [-0.05, 0) is 29.3 Å². The molecule has 0 fully saturated rings. The van der Waals surface area contributed by atoms with Crippen molar-refractivity contribution in [1.29, 1.82) is 0 Å². The Bertz CT molecular complexity index is 765. The van der Waals surface area contributed by atoms with Gasteiger partial charge in [-0.15, -0.1) is 0 Å². The number of hydrogen-bond acceptors (Lipinski definition) is 2. The van der Waals surface area contributed by atoms with Crippen LogP contribution in [0.25, 0.3) is 11.0 Å². The number of aromatic nitrogens is 2. The minimum absolute atomic E-state index is 0.410. The summed E-state index contributed by atoms with van der Waals surface area (Å²) >= 11 is 0. The summed E-state index contributed by atoms with van der Waals surface area (Å²) in [7, 11) is 0. The Hall–Kier alpha value is -2.27. The van der Waals surface area contributed by atoms with Crippen molar-refractivity contribution >= 4 is 11.0 Å². The molecule has 0 radical (unpaired) electrons. The fourth-order valence-electron chi connectivity index (χ4n) is 2.23. The first-order valence-corrected chi connectivity index (χ1v) is 6.28. The number of nitrogens with zero attached hydrogens (tertiary/aromatic N) is 1. The van der Waals surface area contributed by atoms with E-state index in [1.54, 1.807) is 6.07 Å². The zero-order valence-corrected chi connectivity index (χ0v) is 10.7. The normalized spacial score (nSPS) is 11.2. The van der Waals surface area contributed by atoms with Gasteiger partial charge in [-0.1, -0.05) is 18.2 Å². The van der Waals surface area contributed by atoms with Crippen molar-refractivity contribution in [1.82, 2.24) is 9.97 Å². The number of H-pyrrole nitrogens is 1. The Kier molecular flexibility index (Phi) is 3.20. The molecule has 102 valence electrons.